The molecule has 0 aliphatic carbocycles. The second-order valence-corrected chi connectivity index (χ2v) is 6.62. The molecule has 24 heavy (non-hydrogen) atoms. The van der Waals surface area contributed by atoms with Gasteiger partial charge in [-0.15, -0.1) is 0 Å². The quantitative estimate of drug-likeness (QED) is 0.870. The van der Waals surface area contributed by atoms with E-state index in [-0.39, 0.29) is 18.2 Å². The van der Waals surface area contributed by atoms with Crippen LogP contribution in [-0.2, 0) is 20.7 Å². The third-order valence-corrected chi connectivity index (χ3v) is 5.00. The third-order valence-electron chi connectivity index (χ3n) is 5.00. The van der Waals surface area contributed by atoms with Gasteiger partial charge < -0.3 is 14.4 Å². The molecule has 0 radical (unpaired) electrons. The molecule has 2 saturated heterocycles. The molecule has 2 aliphatic rings. The summed E-state index contributed by atoms with van der Waals surface area (Å²) in [5.41, 5.74) is 1.07. The van der Waals surface area contributed by atoms with E-state index in [0.717, 1.165) is 31.4 Å². The van der Waals surface area contributed by atoms with Gasteiger partial charge in [0, 0.05) is 6.54 Å². The van der Waals surface area contributed by atoms with Crippen molar-refractivity contribution in [2.75, 3.05) is 19.8 Å². The van der Waals surface area contributed by atoms with Crippen molar-refractivity contribution in [1.82, 2.24) is 4.90 Å². The van der Waals surface area contributed by atoms with E-state index in [1.54, 1.807) is 0 Å². The molecule has 126 valence electrons. The Morgan fingerprint density at radius 1 is 1.04 bits per heavy atom. The van der Waals surface area contributed by atoms with Crippen molar-refractivity contribution in [2.45, 2.75) is 38.0 Å². The number of hydrogen-bond acceptors (Lipinski definition) is 3. The van der Waals surface area contributed by atoms with E-state index in [1.165, 1.54) is 10.8 Å². The number of ether oxygens (including phenoxy) is 2. The lowest BCUT2D eigenvalue weighted by atomic mass is 9.99. The second kappa shape index (κ2) is 6.91. The Morgan fingerprint density at radius 3 is 2.67 bits per heavy atom. The Kier molecular flexibility index (Phi) is 4.50. The van der Waals surface area contributed by atoms with Crippen LogP contribution < -0.4 is 0 Å². The highest BCUT2D eigenvalue weighted by Gasteiger charge is 2.35. The SMILES string of the molecule is O=C(Cc1ccc2ccccc2c1)N1CCCC[C@H]1C1OCCO1. The topological polar surface area (TPSA) is 38.8 Å². The number of likely N-dealkylation sites (tertiary alicyclic amines) is 1. The number of piperidine rings is 1. The average Bonchev–Trinajstić information content (AvgIpc) is 3.16. The molecule has 0 unspecified atom stereocenters. The fourth-order valence-corrected chi connectivity index (χ4v) is 3.77. The van der Waals surface area contributed by atoms with Gasteiger partial charge in [-0.2, -0.15) is 0 Å². The zero-order valence-electron chi connectivity index (χ0n) is 13.8. The van der Waals surface area contributed by atoms with E-state index >= 15 is 0 Å². The molecule has 1 amide bonds. The smallest absolute Gasteiger partial charge is 0.227 e. The predicted octanol–water partition coefficient (Wildman–Crippen LogP) is 3.14. The molecule has 0 aromatic heterocycles. The number of carbonyl (C=O) groups is 1. The minimum absolute atomic E-state index is 0.0641. The van der Waals surface area contributed by atoms with Crippen molar-refractivity contribution in [2.24, 2.45) is 0 Å². The fraction of sp³-hybridized carbons (Fsp3) is 0.450. The van der Waals surface area contributed by atoms with Crippen LogP contribution in [0.4, 0.5) is 0 Å². The molecule has 1 atom stereocenters. The molecule has 4 nitrogen and oxygen atoms in total. The van der Waals surface area contributed by atoms with Crippen molar-refractivity contribution in [3.8, 4) is 0 Å². The lowest BCUT2D eigenvalue weighted by Crippen LogP contribution is -2.50. The van der Waals surface area contributed by atoms with Gasteiger partial charge in [-0.05, 0) is 35.6 Å². The number of rotatable bonds is 3. The Hall–Kier alpha value is -1.91. The molecule has 2 aromatic carbocycles. The highest BCUT2D eigenvalue weighted by atomic mass is 16.7. The minimum Gasteiger partial charge on any atom is -0.348 e. The van der Waals surface area contributed by atoms with Gasteiger partial charge in [0.05, 0.1) is 25.7 Å². The minimum atomic E-state index is -0.245. The van der Waals surface area contributed by atoms with Crippen LogP contribution in [0.3, 0.4) is 0 Å². The number of fused-ring (bicyclic) bond motifs is 1. The summed E-state index contributed by atoms with van der Waals surface area (Å²) in [5, 5.41) is 2.39. The normalized spacial score (nSPS) is 22.2. The first-order chi connectivity index (χ1) is 11.8. The van der Waals surface area contributed by atoms with Gasteiger partial charge in [0.25, 0.3) is 0 Å². The zero-order chi connectivity index (χ0) is 16.4. The van der Waals surface area contributed by atoms with Crippen LogP contribution in [0.1, 0.15) is 24.8 Å². The molecule has 0 spiro atoms. The van der Waals surface area contributed by atoms with E-state index in [2.05, 4.69) is 30.3 Å². The summed E-state index contributed by atoms with van der Waals surface area (Å²) >= 11 is 0. The maximum absolute atomic E-state index is 12.9. The molecule has 2 heterocycles. The maximum Gasteiger partial charge on any atom is 0.227 e. The van der Waals surface area contributed by atoms with E-state index in [9.17, 15) is 4.79 Å². The number of amides is 1. The lowest BCUT2D eigenvalue weighted by molar-refractivity contribution is -0.149. The molecule has 4 rings (SSSR count). The highest BCUT2D eigenvalue weighted by molar-refractivity contribution is 5.85. The standard InChI is InChI=1S/C20H23NO3/c22-19(14-15-8-9-16-5-1-2-6-17(16)13-15)21-10-4-3-7-18(21)20-23-11-12-24-20/h1-2,5-6,8-9,13,18,20H,3-4,7,10-12,14H2/t18-/m0/s1. The van der Waals surface area contributed by atoms with Gasteiger partial charge in [-0.25, -0.2) is 0 Å². The first kappa shape index (κ1) is 15.6. The Balaban J connectivity index is 1.50. The van der Waals surface area contributed by atoms with Gasteiger partial charge >= 0.3 is 0 Å². The van der Waals surface area contributed by atoms with Gasteiger partial charge in [0.1, 0.15) is 0 Å². The van der Waals surface area contributed by atoms with Crippen LogP contribution in [0, 0.1) is 0 Å². The highest BCUT2D eigenvalue weighted by Crippen LogP contribution is 2.25. The first-order valence-corrected chi connectivity index (χ1v) is 8.81. The number of benzene rings is 2. The second-order valence-electron chi connectivity index (χ2n) is 6.62. The third kappa shape index (κ3) is 3.17. The van der Waals surface area contributed by atoms with E-state index in [0.29, 0.717) is 19.6 Å². The molecule has 2 aromatic rings. The Labute approximate surface area is 142 Å². The molecule has 4 heteroatoms. The van der Waals surface area contributed by atoms with Crippen molar-refractivity contribution in [1.29, 1.82) is 0 Å². The number of carbonyl (C=O) groups excluding carboxylic acids is 1. The Bertz CT molecular complexity index is 724. The van der Waals surface area contributed by atoms with Crippen molar-refractivity contribution in [3.05, 3.63) is 48.0 Å². The summed E-state index contributed by atoms with van der Waals surface area (Å²) in [4.78, 5) is 14.9. The number of nitrogens with zero attached hydrogens (tertiary/aromatic N) is 1. The summed E-state index contributed by atoms with van der Waals surface area (Å²) in [5.74, 6) is 0.175. The van der Waals surface area contributed by atoms with Crippen molar-refractivity contribution in [3.63, 3.8) is 0 Å². The van der Waals surface area contributed by atoms with Gasteiger partial charge in [-0.1, -0.05) is 42.5 Å². The maximum atomic E-state index is 12.9. The van der Waals surface area contributed by atoms with Crippen LogP contribution in [0.25, 0.3) is 10.8 Å². The molecule has 0 N–H and O–H groups in total. The van der Waals surface area contributed by atoms with E-state index in [4.69, 9.17) is 9.47 Å². The summed E-state index contributed by atoms with van der Waals surface area (Å²) < 4.78 is 11.3. The molecule has 2 fully saturated rings. The zero-order valence-corrected chi connectivity index (χ0v) is 13.8. The monoisotopic (exact) mass is 325 g/mol. The fourth-order valence-electron chi connectivity index (χ4n) is 3.77. The predicted molar refractivity (Wildman–Crippen MR) is 92.7 cm³/mol. The van der Waals surface area contributed by atoms with E-state index in [1.807, 2.05) is 17.0 Å². The van der Waals surface area contributed by atoms with E-state index < -0.39 is 0 Å². The summed E-state index contributed by atoms with van der Waals surface area (Å²) in [6.45, 7) is 2.07. The molecule has 2 aliphatic heterocycles. The first-order valence-electron chi connectivity index (χ1n) is 8.81. The lowest BCUT2D eigenvalue weighted by Gasteiger charge is -2.38. The van der Waals surface area contributed by atoms with Gasteiger partial charge in [-0.3, -0.25) is 4.79 Å². The van der Waals surface area contributed by atoms with Gasteiger partial charge in [0.2, 0.25) is 5.91 Å². The van der Waals surface area contributed by atoms with Crippen LogP contribution in [-0.4, -0.2) is 42.9 Å². The average molecular weight is 325 g/mol. The van der Waals surface area contributed by atoms with Crippen LogP contribution in [0.15, 0.2) is 42.5 Å². The largest absolute Gasteiger partial charge is 0.348 e. The summed E-state index contributed by atoms with van der Waals surface area (Å²) in [6.07, 6.45) is 3.36. The van der Waals surface area contributed by atoms with Crippen molar-refractivity contribution < 1.29 is 14.3 Å². The van der Waals surface area contributed by atoms with Crippen LogP contribution in [0.2, 0.25) is 0 Å². The van der Waals surface area contributed by atoms with Crippen LogP contribution in [0.5, 0.6) is 0 Å². The Morgan fingerprint density at radius 2 is 1.83 bits per heavy atom. The molecule has 0 saturated carbocycles. The van der Waals surface area contributed by atoms with Crippen molar-refractivity contribution >= 4 is 16.7 Å². The molecular formula is C20H23NO3. The van der Waals surface area contributed by atoms with Crippen LogP contribution >= 0.6 is 0 Å². The summed E-state index contributed by atoms with van der Waals surface area (Å²) in [7, 11) is 0. The number of hydrogen-bond donors (Lipinski definition) is 0. The molecular weight excluding hydrogens is 302 g/mol. The molecule has 0 bridgehead atoms. The summed E-state index contributed by atoms with van der Waals surface area (Å²) in [6, 6.07) is 14.6. The van der Waals surface area contributed by atoms with Gasteiger partial charge in [0.15, 0.2) is 6.29 Å².